The van der Waals surface area contributed by atoms with Gasteiger partial charge in [0.15, 0.2) is 0 Å². The minimum atomic E-state index is -0.170. The minimum Gasteiger partial charge on any atom is -0.313 e. The van der Waals surface area contributed by atoms with Crippen molar-refractivity contribution in [2.24, 2.45) is 5.84 Å². The molecule has 0 aliphatic heterocycles. The van der Waals surface area contributed by atoms with E-state index in [1.165, 1.54) is 10.7 Å². The Hall–Kier alpha value is -1.80. The first-order valence-corrected chi connectivity index (χ1v) is 5.29. The predicted molar refractivity (Wildman–Crippen MR) is 60.1 cm³/mol. The van der Waals surface area contributed by atoms with Crippen molar-refractivity contribution in [2.75, 3.05) is 5.43 Å². The maximum absolute atomic E-state index is 11.6. The van der Waals surface area contributed by atoms with Gasteiger partial charge in [0.25, 0.3) is 5.56 Å². The number of nitrogens with zero attached hydrogens (tertiary/aromatic N) is 4. The molecule has 0 aromatic carbocycles. The van der Waals surface area contributed by atoms with Crippen molar-refractivity contribution in [3.63, 3.8) is 0 Å². The zero-order valence-electron chi connectivity index (χ0n) is 8.54. The summed E-state index contributed by atoms with van der Waals surface area (Å²) in [4.78, 5) is 11.6. The Morgan fingerprint density at radius 3 is 3.12 bits per heavy atom. The van der Waals surface area contributed by atoms with Gasteiger partial charge < -0.3 is 5.43 Å². The second-order valence-corrected chi connectivity index (χ2v) is 3.98. The Morgan fingerprint density at radius 2 is 2.44 bits per heavy atom. The molecule has 3 N–H and O–H groups in total. The Labute approximate surface area is 95.0 Å². The molecule has 2 rings (SSSR count). The summed E-state index contributed by atoms with van der Waals surface area (Å²) in [6, 6.07) is 1.52. The third-order valence-corrected chi connectivity index (χ3v) is 2.69. The van der Waals surface area contributed by atoms with Gasteiger partial charge in [-0.1, -0.05) is 4.49 Å². The zero-order valence-corrected chi connectivity index (χ0v) is 9.36. The molecule has 84 valence electrons. The molecule has 0 unspecified atom stereocenters. The maximum Gasteiger partial charge on any atom is 0.267 e. The van der Waals surface area contributed by atoms with Gasteiger partial charge >= 0.3 is 0 Å². The number of aromatic nitrogens is 4. The number of hydrazine groups is 1. The third kappa shape index (κ3) is 2.07. The van der Waals surface area contributed by atoms with Crippen molar-refractivity contribution in [1.29, 1.82) is 0 Å². The second kappa shape index (κ2) is 4.37. The average molecular weight is 238 g/mol. The molecule has 16 heavy (non-hydrogen) atoms. The van der Waals surface area contributed by atoms with Gasteiger partial charge in [-0.25, -0.2) is 10.5 Å². The van der Waals surface area contributed by atoms with Crippen LogP contribution in [0.4, 0.5) is 5.00 Å². The molecule has 0 aliphatic rings. The quantitative estimate of drug-likeness (QED) is 0.564. The van der Waals surface area contributed by atoms with Gasteiger partial charge in [0, 0.05) is 17.6 Å². The summed E-state index contributed by atoms with van der Waals surface area (Å²) < 4.78 is 5.05. The highest BCUT2D eigenvalue weighted by molar-refractivity contribution is 7.10. The van der Waals surface area contributed by atoms with Gasteiger partial charge in [-0.15, -0.1) is 5.10 Å². The number of nitrogens with two attached hydrogens (primary N) is 1. The monoisotopic (exact) mass is 238 g/mol. The van der Waals surface area contributed by atoms with Crippen molar-refractivity contribution >= 4 is 16.5 Å². The summed E-state index contributed by atoms with van der Waals surface area (Å²) in [5.41, 5.74) is 3.74. The van der Waals surface area contributed by atoms with Crippen LogP contribution in [0, 0.1) is 6.92 Å². The van der Waals surface area contributed by atoms with Gasteiger partial charge in [-0.2, -0.15) is 5.10 Å². The fraction of sp³-hybridized carbons (Fsp3) is 0.250. The minimum absolute atomic E-state index is 0.170. The lowest BCUT2D eigenvalue weighted by molar-refractivity contribution is 0.624. The van der Waals surface area contributed by atoms with Crippen LogP contribution < -0.4 is 16.8 Å². The standard InChI is InChI=1S/C8H10N6OS/c1-5-2-7(15)14(10-3-5)4-6-8(11-9)16-13-12-6/h2-3,11H,4,9H2,1H3. The van der Waals surface area contributed by atoms with Crippen molar-refractivity contribution in [3.05, 3.63) is 33.9 Å². The largest absolute Gasteiger partial charge is 0.313 e. The van der Waals surface area contributed by atoms with Crippen molar-refractivity contribution in [2.45, 2.75) is 13.5 Å². The molecule has 8 heteroatoms. The lowest BCUT2D eigenvalue weighted by Crippen LogP contribution is -2.23. The predicted octanol–water partition coefficient (Wildman–Crippen LogP) is -0.263. The summed E-state index contributed by atoms with van der Waals surface area (Å²) in [5, 5.41) is 8.51. The molecule has 0 aliphatic carbocycles. The highest BCUT2D eigenvalue weighted by Crippen LogP contribution is 2.15. The topological polar surface area (TPSA) is 98.7 Å². The van der Waals surface area contributed by atoms with Crippen molar-refractivity contribution < 1.29 is 0 Å². The smallest absolute Gasteiger partial charge is 0.267 e. The molecule has 2 aromatic heterocycles. The number of nitrogens with one attached hydrogen (secondary N) is 1. The van der Waals surface area contributed by atoms with E-state index in [-0.39, 0.29) is 12.1 Å². The van der Waals surface area contributed by atoms with Gasteiger partial charge in [0.1, 0.15) is 10.7 Å². The van der Waals surface area contributed by atoms with E-state index in [2.05, 4.69) is 20.1 Å². The van der Waals surface area contributed by atoms with Crippen LogP contribution in [0.25, 0.3) is 0 Å². The first kappa shape index (κ1) is 10.7. The number of hydrogen-bond acceptors (Lipinski definition) is 7. The normalized spacial score (nSPS) is 10.4. The number of anilines is 1. The fourth-order valence-electron chi connectivity index (χ4n) is 1.21. The molecule has 0 atom stereocenters. The Morgan fingerprint density at radius 1 is 1.62 bits per heavy atom. The third-order valence-electron chi connectivity index (χ3n) is 1.99. The molecule has 0 saturated carbocycles. The molecular weight excluding hydrogens is 228 g/mol. The summed E-state index contributed by atoms with van der Waals surface area (Å²) in [5.74, 6) is 5.28. The molecule has 7 nitrogen and oxygen atoms in total. The molecule has 0 amide bonds. The molecule has 0 spiro atoms. The Balaban J connectivity index is 2.31. The molecule has 2 heterocycles. The van der Waals surface area contributed by atoms with Crippen LogP contribution >= 0.6 is 11.5 Å². The van der Waals surface area contributed by atoms with Crippen LogP contribution in [-0.4, -0.2) is 19.4 Å². The summed E-state index contributed by atoms with van der Waals surface area (Å²) >= 11 is 1.14. The summed E-state index contributed by atoms with van der Waals surface area (Å²) in [6.07, 6.45) is 1.62. The number of aryl methyl sites for hydroxylation is 1. The molecule has 0 bridgehead atoms. The summed E-state index contributed by atoms with van der Waals surface area (Å²) in [6.45, 7) is 2.07. The van der Waals surface area contributed by atoms with E-state index < -0.39 is 0 Å². The molecule has 2 aromatic rings. The van der Waals surface area contributed by atoms with E-state index in [1.54, 1.807) is 6.20 Å². The van der Waals surface area contributed by atoms with E-state index in [4.69, 9.17) is 5.84 Å². The summed E-state index contributed by atoms with van der Waals surface area (Å²) in [7, 11) is 0. The van der Waals surface area contributed by atoms with Crippen molar-refractivity contribution in [3.8, 4) is 0 Å². The van der Waals surface area contributed by atoms with E-state index >= 15 is 0 Å². The van der Waals surface area contributed by atoms with E-state index in [0.29, 0.717) is 10.7 Å². The van der Waals surface area contributed by atoms with Crippen molar-refractivity contribution in [1.82, 2.24) is 19.4 Å². The molecule has 0 radical (unpaired) electrons. The Kier molecular flexibility index (Phi) is 2.93. The first-order chi connectivity index (χ1) is 7.70. The zero-order chi connectivity index (χ0) is 11.5. The molecule has 0 saturated heterocycles. The van der Waals surface area contributed by atoms with Gasteiger partial charge in [0.05, 0.1) is 12.7 Å². The lowest BCUT2D eigenvalue weighted by atomic mass is 10.3. The van der Waals surface area contributed by atoms with E-state index in [0.717, 1.165) is 17.1 Å². The van der Waals surface area contributed by atoms with Crippen LogP contribution in [0.3, 0.4) is 0 Å². The Bertz CT molecular complexity index is 547. The van der Waals surface area contributed by atoms with Crippen LogP contribution in [0.1, 0.15) is 11.3 Å². The van der Waals surface area contributed by atoms with Gasteiger partial charge in [0.2, 0.25) is 0 Å². The van der Waals surface area contributed by atoms with Crippen LogP contribution in [0.2, 0.25) is 0 Å². The van der Waals surface area contributed by atoms with Gasteiger partial charge in [-0.3, -0.25) is 4.79 Å². The molecular formula is C8H10N6OS. The number of rotatable bonds is 3. The van der Waals surface area contributed by atoms with Crippen LogP contribution in [-0.2, 0) is 6.54 Å². The first-order valence-electron chi connectivity index (χ1n) is 4.52. The fourth-order valence-corrected chi connectivity index (χ4v) is 1.69. The average Bonchev–Trinajstić information content (AvgIpc) is 2.69. The highest BCUT2D eigenvalue weighted by Gasteiger charge is 2.08. The van der Waals surface area contributed by atoms with Crippen LogP contribution in [0.15, 0.2) is 17.1 Å². The lowest BCUT2D eigenvalue weighted by Gasteiger charge is -2.03. The second-order valence-electron chi connectivity index (χ2n) is 3.22. The van der Waals surface area contributed by atoms with Crippen LogP contribution in [0.5, 0.6) is 0 Å². The maximum atomic E-state index is 11.6. The van der Waals surface area contributed by atoms with Gasteiger partial charge in [-0.05, 0) is 12.5 Å². The molecule has 0 fully saturated rings. The van der Waals surface area contributed by atoms with E-state index in [9.17, 15) is 4.79 Å². The number of hydrogen-bond donors (Lipinski definition) is 2. The highest BCUT2D eigenvalue weighted by atomic mass is 32.1. The number of nitrogen functional groups attached to an aromatic ring is 1. The van der Waals surface area contributed by atoms with E-state index in [1.807, 2.05) is 6.92 Å². The SMILES string of the molecule is Cc1cnn(Cc2nnsc2NN)c(=O)c1.